The van der Waals surface area contributed by atoms with E-state index in [0.717, 1.165) is 4.48 Å². The topological polar surface area (TPSA) is 30.9 Å². The van der Waals surface area contributed by atoms with Crippen molar-refractivity contribution in [2.45, 2.75) is 19.1 Å². The van der Waals surface area contributed by atoms with Crippen LogP contribution in [0.5, 0.6) is 0 Å². The summed E-state index contributed by atoms with van der Waals surface area (Å²) in [5.41, 5.74) is 0. The van der Waals surface area contributed by atoms with Crippen molar-refractivity contribution in [3.63, 3.8) is 0 Å². The van der Waals surface area contributed by atoms with Crippen LogP contribution in [0.4, 0.5) is 13.2 Å². The van der Waals surface area contributed by atoms with Crippen LogP contribution in [0.25, 0.3) is 0 Å². The van der Waals surface area contributed by atoms with Crippen LogP contribution in [0.3, 0.4) is 0 Å². The third-order valence-electron chi connectivity index (χ3n) is 3.29. The van der Waals surface area contributed by atoms with Gasteiger partial charge in [-0.2, -0.15) is 13.2 Å². The van der Waals surface area contributed by atoms with Gasteiger partial charge in [0.25, 0.3) is 0 Å². The minimum Gasteiger partial charge on any atom is -0.352 e. The second kappa shape index (κ2) is 9.19. The Morgan fingerprint density at radius 1 is 1.33 bits per heavy atom. The molecule has 1 unspecified atom stereocenters. The van der Waals surface area contributed by atoms with Crippen molar-refractivity contribution < 1.29 is 13.2 Å². The second-order valence-electron chi connectivity index (χ2n) is 4.66. The van der Waals surface area contributed by atoms with Crippen LogP contribution in [-0.2, 0) is 0 Å². The standard InChI is InChI=1S/C12H20BrF3N4.HI/c1-9(13)8-18-11(17-3)20-6-4-19(5-7-20)10(2)12(14,15)16;/h10H,1,4-8H2,2-3H3,(H,17,18);1H. The largest absolute Gasteiger partial charge is 0.403 e. The van der Waals surface area contributed by atoms with Gasteiger partial charge in [-0.15, -0.1) is 24.0 Å². The Bertz CT molecular complexity index is 368. The first-order valence-corrected chi connectivity index (χ1v) is 7.14. The molecule has 1 N–H and O–H groups in total. The molecule has 0 radical (unpaired) electrons. The molecule has 0 bridgehead atoms. The predicted octanol–water partition coefficient (Wildman–Crippen LogP) is 2.66. The molecule has 0 amide bonds. The average Bonchev–Trinajstić information content (AvgIpc) is 2.38. The third kappa shape index (κ3) is 6.72. The first-order valence-electron chi connectivity index (χ1n) is 6.35. The predicted molar refractivity (Wildman–Crippen MR) is 93.5 cm³/mol. The van der Waals surface area contributed by atoms with Gasteiger partial charge in [-0.1, -0.05) is 22.5 Å². The number of hydrogen-bond donors (Lipinski definition) is 1. The SMILES string of the molecule is C=C(Br)CNC(=NC)N1CCN(C(C)C(F)(F)F)CC1.I. The summed E-state index contributed by atoms with van der Waals surface area (Å²) in [7, 11) is 1.66. The van der Waals surface area contributed by atoms with E-state index in [1.807, 2.05) is 4.90 Å². The molecule has 1 heterocycles. The molecule has 0 spiro atoms. The van der Waals surface area contributed by atoms with Crippen LogP contribution in [0, 0.1) is 0 Å². The average molecular weight is 485 g/mol. The summed E-state index contributed by atoms with van der Waals surface area (Å²) in [5.74, 6) is 0.685. The molecule has 1 aliphatic rings. The van der Waals surface area contributed by atoms with E-state index in [4.69, 9.17) is 0 Å². The number of alkyl halides is 3. The monoisotopic (exact) mass is 484 g/mol. The Labute approximate surface area is 149 Å². The number of hydrogen-bond acceptors (Lipinski definition) is 2. The van der Waals surface area contributed by atoms with Crippen LogP contribution in [-0.4, -0.2) is 67.7 Å². The zero-order valence-electron chi connectivity index (χ0n) is 12.1. The minimum atomic E-state index is -4.17. The highest BCUT2D eigenvalue weighted by atomic mass is 127. The second-order valence-corrected chi connectivity index (χ2v) is 5.78. The van der Waals surface area contributed by atoms with Gasteiger partial charge in [-0.25, -0.2) is 0 Å². The number of nitrogens with one attached hydrogen (secondary N) is 1. The van der Waals surface area contributed by atoms with Crippen molar-refractivity contribution in [3.8, 4) is 0 Å². The summed E-state index contributed by atoms with van der Waals surface area (Å²) >= 11 is 3.24. The Morgan fingerprint density at radius 3 is 2.24 bits per heavy atom. The highest BCUT2D eigenvalue weighted by Gasteiger charge is 2.40. The minimum absolute atomic E-state index is 0. The van der Waals surface area contributed by atoms with Gasteiger partial charge >= 0.3 is 6.18 Å². The molecule has 124 valence electrons. The Kier molecular flexibility index (Phi) is 9.17. The van der Waals surface area contributed by atoms with E-state index in [9.17, 15) is 13.2 Å². The molecule has 0 aromatic heterocycles. The van der Waals surface area contributed by atoms with Crippen LogP contribution in [0.1, 0.15) is 6.92 Å². The lowest BCUT2D eigenvalue weighted by Crippen LogP contribution is -2.56. The van der Waals surface area contributed by atoms with Gasteiger partial charge in [0, 0.05) is 44.3 Å². The summed E-state index contributed by atoms with van der Waals surface area (Å²) in [6.45, 7) is 7.24. The van der Waals surface area contributed by atoms with Gasteiger partial charge in [0.1, 0.15) is 6.04 Å². The van der Waals surface area contributed by atoms with Gasteiger partial charge < -0.3 is 10.2 Å². The molecule has 1 aliphatic heterocycles. The number of nitrogens with zero attached hydrogens (tertiary/aromatic N) is 3. The fourth-order valence-corrected chi connectivity index (χ4v) is 2.18. The van der Waals surface area contributed by atoms with Crippen LogP contribution >= 0.6 is 39.9 Å². The Balaban J connectivity index is 0.00000400. The lowest BCUT2D eigenvalue weighted by Gasteiger charge is -2.39. The van der Waals surface area contributed by atoms with Crippen LogP contribution < -0.4 is 5.32 Å². The van der Waals surface area contributed by atoms with Gasteiger partial charge in [0.2, 0.25) is 0 Å². The van der Waals surface area contributed by atoms with Gasteiger partial charge in [0.15, 0.2) is 5.96 Å². The Hall–Kier alpha value is -0.0300. The van der Waals surface area contributed by atoms with E-state index in [0.29, 0.717) is 38.7 Å². The van der Waals surface area contributed by atoms with E-state index in [2.05, 4.69) is 32.8 Å². The van der Waals surface area contributed by atoms with Crippen LogP contribution in [0.2, 0.25) is 0 Å². The fraction of sp³-hybridized carbons (Fsp3) is 0.750. The zero-order chi connectivity index (χ0) is 15.3. The number of aliphatic imine (C=N–C) groups is 1. The van der Waals surface area contributed by atoms with E-state index >= 15 is 0 Å². The molecule has 0 aliphatic carbocycles. The molecule has 0 aromatic carbocycles. The van der Waals surface area contributed by atoms with E-state index in [-0.39, 0.29) is 24.0 Å². The van der Waals surface area contributed by atoms with Crippen molar-refractivity contribution in [2.24, 2.45) is 4.99 Å². The van der Waals surface area contributed by atoms with Crippen molar-refractivity contribution in [1.29, 1.82) is 0 Å². The van der Waals surface area contributed by atoms with Crippen LogP contribution in [0.15, 0.2) is 16.1 Å². The fourth-order valence-electron chi connectivity index (χ4n) is 2.04. The molecule has 9 heteroatoms. The first kappa shape index (κ1) is 21.0. The highest BCUT2D eigenvalue weighted by Crippen LogP contribution is 2.25. The molecule has 4 nitrogen and oxygen atoms in total. The Morgan fingerprint density at radius 2 is 1.86 bits per heavy atom. The zero-order valence-corrected chi connectivity index (χ0v) is 16.0. The van der Waals surface area contributed by atoms with Gasteiger partial charge in [0.05, 0.1) is 0 Å². The summed E-state index contributed by atoms with van der Waals surface area (Å²) in [4.78, 5) is 7.54. The summed E-state index contributed by atoms with van der Waals surface area (Å²) < 4.78 is 38.8. The highest BCUT2D eigenvalue weighted by molar-refractivity contribution is 14.0. The lowest BCUT2D eigenvalue weighted by molar-refractivity contribution is -0.181. The number of guanidine groups is 1. The summed E-state index contributed by atoms with van der Waals surface area (Å²) in [5, 5.41) is 3.10. The van der Waals surface area contributed by atoms with Gasteiger partial charge in [-0.05, 0) is 6.92 Å². The smallest absolute Gasteiger partial charge is 0.352 e. The van der Waals surface area contributed by atoms with Crippen molar-refractivity contribution in [1.82, 2.24) is 15.1 Å². The van der Waals surface area contributed by atoms with E-state index in [1.54, 1.807) is 7.05 Å². The molecule has 1 rings (SSSR count). The van der Waals surface area contributed by atoms with Crippen molar-refractivity contribution in [3.05, 3.63) is 11.1 Å². The maximum absolute atomic E-state index is 12.7. The van der Waals surface area contributed by atoms with E-state index < -0.39 is 12.2 Å². The summed E-state index contributed by atoms with van der Waals surface area (Å²) in [6.07, 6.45) is -4.17. The first-order chi connectivity index (χ1) is 9.25. The maximum Gasteiger partial charge on any atom is 0.403 e. The number of rotatable bonds is 3. The molecule has 21 heavy (non-hydrogen) atoms. The molecule has 1 fully saturated rings. The number of piperazine rings is 1. The quantitative estimate of drug-likeness (QED) is 0.379. The lowest BCUT2D eigenvalue weighted by atomic mass is 10.2. The van der Waals surface area contributed by atoms with Gasteiger partial charge in [-0.3, -0.25) is 9.89 Å². The number of halogens is 5. The molecule has 0 saturated carbocycles. The summed E-state index contributed by atoms with van der Waals surface area (Å²) in [6, 6.07) is -1.40. The molecule has 1 atom stereocenters. The van der Waals surface area contributed by atoms with Crippen molar-refractivity contribution >= 4 is 45.9 Å². The van der Waals surface area contributed by atoms with Crippen molar-refractivity contribution in [2.75, 3.05) is 39.8 Å². The third-order valence-corrected chi connectivity index (χ3v) is 3.57. The maximum atomic E-state index is 12.7. The normalized spacial score (nSPS) is 19.0. The molecule has 1 saturated heterocycles. The van der Waals surface area contributed by atoms with E-state index in [1.165, 1.54) is 11.8 Å². The molecular weight excluding hydrogens is 464 g/mol. The molecule has 0 aromatic rings. The molecular formula is C12H21BrF3IN4.